The molecule has 0 spiro atoms. The number of carbonyl (C=O) groups excluding carboxylic acids is 1. The lowest BCUT2D eigenvalue weighted by Crippen LogP contribution is -2.10. The fraction of sp³-hybridized carbons (Fsp3) is 0.259. The number of aryl methyl sites for hydroxylation is 1. The summed E-state index contributed by atoms with van der Waals surface area (Å²) < 4.78 is 12.6. The molecule has 0 aliphatic rings. The molecule has 5 heteroatoms. The van der Waals surface area contributed by atoms with Crippen LogP contribution in [0.1, 0.15) is 38.1 Å². The molecule has 0 fully saturated rings. The summed E-state index contributed by atoms with van der Waals surface area (Å²) in [5.41, 5.74) is 5.23. The van der Waals surface area contributed by atoms with Crippen LogP contribution < -0.4 is 4.74 Å². The van der Waals surface area contributed by atoms with Crippen molar-refractivity contribution < 1.29 is 14.3 Å². The summed E-state index contributed by atoms with van der Waals surface area (Å²) in [6.45, 7) is 5.00. The number of unbranched alkanes of at least 4 members (excludes halogenated alkanes) is 1. The van der Waals surface area contributed by atoms with Crippen molar-refractivity contribution >= 4 is 17.2 Å². The Morgan fingerprint density at radius 3 is 2.47 bits per heavy atom. The van der Waals surface area contributed by atoms with E-state index in [9.17, 15) is 4.79 Å². The van der Waals surface area contributed by atoms with Crippen LogP contribution in [0.15, 0.2) is 72.8 Å². The second-order valence-electron chi connectivity index (χ2n) is 7.68. The number of hydrogen-bond acceptors (Lipinski definition) is 4. The molecule has 1 heterocycles. The van der Waals surface area contributed by atoms with Gasteiger partial charge >= 0.3 is 6.16 Å². The minimum Gasteiger partial charge on any atom is -0.434 e. The molecule has 164 valence electrons. The first-order chi connectivity index (χ1) is 15.7. The standard InChI is InChI=1S/C27H28N2O3/c1-3-5-14-26-28-23-11-7-8-12-24(23)29(26)19-20-15-17-21(18-16-20)22-10-6-9-13-25(22)32-27(30)31-4-2/h6-13,15-18H,3-5,14,19H2,1-2H3. The van der Waals surface area contributed by atoms with Gasteiger partial charge in [-0.3, -0.25) is 0 Å². The number of fused-ring (bicyclic) bond motifs is 1. The molecule has 0 unspecified atom stereocenters. The molecule has 0 saturated carbocycles. The fourth-order valence-electron chi connectivity index (χ4n) is 3.83. The maximum Gasteiger partial charge on any atom is 0.513 e. The van der Waals surface area contributed by atoms with Crippen molar-refractivity contribution in [2.75, 3.05) is 6.61 Å². The maximum atomic E-state index is 11.8. The number of benzene rings is 3. The number of hydrogen-bond donors (Lipinski definition) is 0. The van der Waals surface area contributed by atoms with Crippen molar-refractivity contribution in [2.24, 2.45) is 0 Å². The highest BCUT2D eigenvalue weighted by Gasteiger charge is 2.13. The van der Waals surface area contributed by atoms with E-state index in [1.807, 2.05) is 24.3 Å². The van der Waals surface area contributed by atoms with Gasteiger partial charge in [0.05, 0.1) is 17.6 Å². The molecule has 0 atom stereocenters. The fourth-order valence-corrected chi connectivity index (χ4v) is 3.83. The topological polar surface area (TPSA) is 53.4 Å². The van der Waals surface area contributed by atoms with Gasteiger partial charge in [0, 0.05) is 18.5 Å². The number of imidazole rings is 1. The van der Waals surface area contributed by atoms with Crippen molar-refractivity contribution in [3.8, 4) is 16.9 Å². The van der Waals surface area contributed by atoms with Crippen LogP contribution in [0.3, 0.4) is 0 Å². The summed E-state index contributed by atoms with van der Waals surface area (Å²) in [5.74, 6) is 1.62. The number of aromatic nitrogens is 2. The number of carbonyl (C=O) groups is 1. The van der Waals surface area contributed by atoms with Gasteiger partial charge in [-0.2, -0.15) is 0 Å². The average Bonchev–Trinajstić information content (AvgIpc) is 3.16. The van der Waals surface area contributed by atoms with Crippen molar-refractivity contribution in [1.82, 2.24) is 9.55 Å². The Bertz CT molecular complexity index is 1200. The van der Waals surface area contributed by atoms with Gasteiger partial charge in [0.1, 0.15) is 11.6 Å². The van der Waals surface area contributed by atoms with E-state index in [1.165, 1.54) is 5.56 Å². The van der Waals surface area contributed by atoms with Crippen molar-refractivity contribution in [3.05, 3.63) is 84.2 Å². The van der Waals surface area contributed by atoms with Crippen LogP contribution in [0, 0.1) is 0 Å². The molecule has 0 N–H and O–H groups in total. The van der Waals surface area contributed by atoms with Gasteiger partial charge in [-0.1, -0.05) is 67.9 Å². The minimum absolute atomic E-state index is 0.277. The molecule has 0 radical (unpaired) electrons. The highest BCUT2D eigenvalue weighted by Crippen LogP contribution is 2.30. The van der Waals surface area contributed by atoms with Gasteiger partial charge in [0.25, 0.3) is 0 Å². The Hall–Kier alpha value is -3.60. The summed E-state index contributed by atoms with van der Waals surface area (Å²) in [4.78, 5) is 16.7. The molecule has 1 aromatic heterocycles. The van der Waals surface area contributed by atoms with Crippen molar-refractivity contribution in [1.29, 1.82) is 0 Å². The Labute approximate surface area is 188 Å². The van der Waals surface area contributed by atoms with E-state index in [-0.39, 0.29) is 6.61 Å². The second-order valence-corrected chi connectivity index (χ2v) is 7.68. The van der Waals surface area contributed by atoms with E-state index in [0.717, 1.165) is 53.8 Å². The molecular formula is C27H28N2O3. The Morgan fingerprint density at radius 1 is 0.938 bits per heavy atom. The zero-order valence-corrected chi connectivity index (χ0v) is 18.6. The van der Waals surface area contributed by atoms with Crippen LogP contribution in [-0.4, -0.2) is 22.3 Å². The first-order valence-corrected chi connectivity index (χ1v) is 11.2. The summed E-state index contributed by atoms with van der Waals surface area (Å²) in [5, 5.41) is 0. The zero-order chi connectivity index (χ0) is 22.3. The average molecular weight is 429 g/mol. The predicted molar refractivity (Wildman–Crippen MR) is 127 cm³/mol. The molecular weight excluding hydrogens is 400 g/mol. The molecule has 0 bridgehead atoms. The summed E-state index contributed by atoms with van der Waals surface area (Å²) >= 11 is 0. The van der Waals surface area contributed by atoms with Crippen LogP contribution in [0.25, 0.3) is 22.2 Å². The van der Waals surface area contributed by atoms with Crippen LogP contribution >= 0.6 is 0 Å². The largest absolute Gasteiger partial charge is 0.513 e. The van der Waals surface area contributed by atoms with Gasteiger partial charge in [-0.15, -0.1) is 0 Å². The molecule has 32 heavy (non-hydrogen) atoms. The third kappa shape index (κ3) is 4.83. The number of ether oxygens (including phenoxy) is 2. The van der Waals surface area contributed by atoms with E-state index in [4.69, 9.17) is 14.5 Å². The van der Waals surface area contributed by atoms with E-state index in [2.05, 4.69) is 54.0 Å². The first-order valence-electron chi connectivity index (χ1n) is 11.2. The van der Waals surface area contributed by atoms with Gasteiger partial charge < -0.3 is 14.0 Å². The third-order valence-corrected chi connectivity index (χ3v) is 5.44. The molecule has 4 aromatic rings. The molecule has 0 amide bonds. The van der Waals surface area contributed by atoms with E-state index in [1.54, 1.807) is 13.0 Å². The van der Waals surface area contributed by atoms with Gasteiger partial charge in [0.2, 0.25) is 0 Å². The van der Waals surface area contributed by atoms with Crippen LogP contribution in [0.2, 0.25) is 0 Å². The normalized spacial score (nSPS) is 10.9. The van der Waals surface area contributed by atoms with Crippen LogP contribution in [0.5, 0.6) is 5.75 Å². The first kappa shape index (κ1) is 21.6. The van der Waals surface area contributed by atoms with E-state index in [0.29, 0.717) is 5.75 Å². The maximum absolute atomic E-state index is 11.8. The minimum atomic E-state index is -0.692. The zero-order valence-electron chi connectivity index (χ0n) is 18.6. The predicted octanol–water partition coefficient (Wildman–Crippen LogP) is 6.63. The Kier molecular flexibility index (Phi) is 6.85. The SMILES string of the molecule is CCCCc1nc2ccccc2n1Cc1ccc(-c2ccccc2OC(=O)OCC)cc1. The van der Waals surface area contributed by atoms with Crippen LogP contribution in [0.4, 0.5) is 4.79 Å². The Balaban J connectivity index is 1.59. The van der Waals surface area contributed by atoms with Gasteiger partial charge in [-0.25, -0.2) is 9.78 Å². The van der Waals surface area contributed by atoms with Crippen LogP contribution in [-0.2, 0) is 17.7 Å². The highest BCUT2D eigenvalue weighted by atomic mass is 16.7. The summed E-state index contributed by atoms with van der Waals surface area (Å²) in [6.07, 6.45) is 2.55. The lowest BCUT2D eigenvalue weighted by molar-refractivity contribution is 0.104. The summed E-state index contributed by atoms with van der Waals surface area (Å²) in [7, 11) is 0. The van der Waals surface area contributed by atoms with Crippen molar-refractivity contribution in [2.45, 2.75) is 39.7 Å². The Morgan fingerprint density at radius 2 is 1.69 bits per heavy atom. The molecule has 5 nitrogen and oxygen atoms in total. The lowest BCUT2D eigenvalue weighted by Gasteiger charge is -2.12. The molecule has 3 aromatic carbocycles. The number of nitrogens with zero attached hydrogens (tertiary/aromatic N) is 2. The van der Waals surface area contributed by atoms with Gasteiger partial charge in [0.15, 0.2) is 0 Å². The van der Waals surface area contributed by atoms with Crippen molar-refractivity contribution in [3.63, 3.8) is 0 Å². The molecule has 0 saturated heterocycles. The second kappa shape index (κ2) is 10.1. The molecule has 0 aliphatic carbocycles. The van der Waals surface area contributed by atoms with E-state index >= 15 is 0 Å². The quantitative estimate of drug-likeness (QED) is 0.233. The molecule has 4 rings (SSSR count). The monoisotopic (exact) mass is 428 g/mol. The third-order valence-electron chi connectivity index (χ3n) is 5.44. The number of para-hydroxylation sites is 3. The summed E-state index contributed by atoms with van der Waals surface area (Å²) in [6, 6.07) is 24.2. The smallest absolute Gasteiger partial charge is 0.434 e. The van der Waals surface area contributed by atoms with Gasteiger partial charge in [-0.05, 0) is 42.7 Å². The lowest BCUT2D eigenvalue weighted by atomic mass is 10.0. The van der Waals surface area contributed by atoms with E-state index < -0.39 is 6.16 Å². The number of rotatable bonds is 8. The molecule has 0 aliphatic heterocycles. The highest BCUT2D eigenvalue weighted by molar-refractivity contribution is 5.76.